The number of carboxylic acids is 1. The third-order valence-corrected chi connectivity index (χ3v) is 2.30. The molecule has 0 aliphatic rings. The molecule has 0 spiro atoms. The number of Topliss-reactive ketones (excluding diaryl/α,β-unsaturated/α-hetero) is 1. The monoisotopic (exact) mass is 222 g/mol. The van der Waals surface area contributed by atoms with Crippen LogP contribution in [0.2, 0.25) is 0 Å². The highest BCUT2D eigenvalue weighted by Gasteiger charge is 2.20. The van der Waals surface area contributed by atoms with Gasteiger partial charge in [-0.25, -0.2) is 0 Å². The number of para-hydroxylation sites is 1. The molecule has 1 rings (SSSR count). The molecular formula is C11H14N2O3. The van der Waals surface area contributed by atoms with Crippen LogP contribution in [0.1, 0.15) is 16.8 Å². The fourth-order valence-corrected chi connectivity index (χ4v) is 1.36. The van der Waals surface area contributed by atoms with Crippen LogP contribution in [0.15, 0.2) is 24.3 Å². The number of nitrogens with two attached hydrogens (primary N) is 1. The maximum Gasteiger partial charge on any atom is 0.321 e. The molecule has 1 aromatic carbocycles. The molecule has 0 saturated carbocycles. The summed E-state index contributed by atoms with van der Waals surface area (Å²) >= 11 is 0. The zero-order chi connectivity index (χ0) is 12.1. The van der Waals surface area contributed by atoms with Crippen LogP contribution in [-0.2, 0) is 4.79 Å². The van der Waals surface area contributed by atoms with Crippen molar-refractivity contribution >= 4 is 17.4 Å². The molecule has 0 amide bonds. The standard InChI is InChI=1S/C11H14N2O3/c1-13-9(11(15)16)6-10(14)7-4-2-3-5-8(7)12/h2-5,9,13H,6,12H2,1H3,(H,15,16). The summed E-state index contributed by atoms with van der Waals surface area (Å²) in [7, 11) is 1.50. The number of likely N-dealkylation sites (N-methyl/N-ethyl adjacent to an activating group) is 1. The lowest BCUT2D eigenvalue weighted by atomic mass is 10.0. The van der Waals surface area contributed by atoms with Gasteiger partial charge in [-0.1, -0.05) is 12.1 Å². The first-order chi connectivity index (χ1) is 7.56. The second kappa shape index (κ2) is 5.27. The first-order valence-electron chi connectivity index (χ1n) is 4.84. The van der Waals surface area contributed by atoms with Crippen LogP contribution >= 0.6 is 0 Å². The van der Waals surface area contributed by atoms with Crippen LogP contribution < -0.4 is 11.1 Å². The van der Waals surface area contributed by atoms with E-state index in [4.69, 9.17) is 10.8 Å². The number of nitrogen functional groups attached to an aromatic ring is 1. The number of rotatable bonds is 5. The summed E-state index contributed by atoms with van der Waals surface area (Å²) in [5.74, 6) is -1.33. The summed E-state index contributed by atoms with van der Waals surface area (Å²) < 4.78 is 0. The van der Waals surface area contributed by atoms with E-state index in [2.05, 4.69) is 5.32 Å². The van der Waals surface area contributed by atoms with E-state index in [0.717, 1.165) is 0 Å². The van der Waals surface area contributed by atoms with Crippen molar-refractivity contribution < 1.29 is 14.7 Å². The Kier molecular flexibility index (Phi) is 4.02. The maximum absolute atomic E-state index is 11.8. The van der Waals surface area contributed by atoms with Crippen LogP contribution in [0, 0.1) is 0 Å². The molecule has 1 unspecified atom stereocenters. The summed E-state index contributed by atoms with van der Waals surface area (Å²) in [5.41, 5.74) is 6.36. The lowest BCUT2D eigenvalue weighted by Gasteiger charge is -2.10. The van der Waals surface area contributed by atoms with Gasteiger partial charge in [-0.05, 0) is 19.2 Å². The highest BCUT2D eigenvalue weighted by molar-refractivity contribution is 6.02. The molecule has 0 heterocycles. The Hall–Kier alpha value is -1.88. The number of benzene rings is 1. The topological polar surface area (TPSA) is 92.4 Å². The third kappa shape index (κ3) is 2.80. The van der Waals surface area contributed by atoms with Crippen molar-refractivity contribution in [2.75, 3.05) is 12.8 Å². The summed E-state index contributed by atoms with van der Waals surface area (Å²) in [6.45, 7) is 0. The molecule has 0 aromatic heterocycles. The first kappa shape index (κ1) is 12.2. The zero-order valence-corrected chi connectivity index (χ0v) is 8.93. The number of ketones is 1. The minimum atomic E-state index is -1.05. The molecule has 0 fully saturated rings. The van der Waals surface area contributed by atoms with Crippen molar-refractivity contribution in [1.82, 2.24) is 5.32 Å². The molecule has 1 aromatic rings. The summed E-state index contributed by atoms with van der Waals surface area (Å²) in [4.78, 5) is 22.5. The molecule has 0 saturated heterocycles. The minimum absolute atomic E-state index is 0.111. The van der Waals surface area contributed by atoms with Crippen molar-refractivity contribution in [3.05, 3.63) is 29.8 Å². The number of hydrogen-bond acceptors (Lipinski definition) is 4. The quantitative estimate of drug-likeness (QED) is 0.498. The van der Waals surface area contributed by atoms with Gasteiger partial charge in [0.1, 0.15) is 6.04 Å². The number of carbonyl (C=O) groups is 2. The highest BCUT2D eigenvalue weighted by atomic mass is 16.4. The third-order valence-electron chi connectivity index (χ3n) is 2.30. The van der Waals surface area contributed by atoms with E-state index in [1.165, 1.54) is 7.05 Å². The molecule has 5 nitrogen and oxygen atoms in total. The number of hydrogen-bond donors (Lipinski definition) is 3. The average Bonchev–Trinajstić information content (AvgIpc) is 2.25. The van der Waals surface area contributed by atoms with Crippen LogP contribution in [0.5, 0.6) is 0 Å². The van der Waals surface area contributed by atoms with Crippen molar-refractivity contribution in [2.45, 2.75) is 12.5 Å². The summed E-state index contributed by atoms with van der Waals surface area (Å²) in [6, 6.07) is 5.73. The Balaban J connectivity index is 2.80. The Morgan fingerprint density at radius 1 is 1.44 bits per heavy atom. The molecule has 16 heavy (non-hydrogen) atoms. The van der Waals surface area contributed by atoms with E-state index in [0.29, 0.717) is 11.3 Å². The first-order valence-corrected chi connectivity index (χ1v) is 4.84. The number of nitrogens with one attached hydrogen (secondary N) is 1. The Morgan fingerprint density at radius 2 is 2.06 bits per heavy atom. The van der Waals surface area contributed by atoms with Gasteiger partial charge in [0.05, 0.1) is 0 Å². The van der Waals surface area contributed by atoms with Crippen LogP contribution in [0.25, 0.3) is 0 Å². The van der Waals surface area contributed by atoms with E-state index in [1.54, 1.807) is 24.3 Å². The van der Waals surface area contributed by atoms with Crippen LogP contribution in [0.4, 0.5) is 5.69 Å². The van der Waals surface area contributed by atoms with Gasteiger partial charge >= 0.3 is 5.97 Å². The zero-order valence-electron chi connectivity index (χ0n) is 8.93. The highest BCUT2D eigenvalue weighted by Crippen LogP contribution is 2.13. The Labute approximate surface area is 93.3 Å². The average molecular weight is 222 g/mol. The van der Waals surface area contributed by atoms with Gasteiger partial charge in [-0.15, -0.1) is 0 Å². The van der Waals surface area contributed by atoms with E-state index in [-0.39, 0.29) is 12.2 Å². The SMILES string of the molecule is CNC(CC(=O)c1ccccc1N)C(=O)O. The molecule has 0 radical (unpaired) electrons. The number of anilines is 1. The Bertz CT molecular complexity index is 404. The van der Waals surface area contributed by atoms with Crippen LogP contribution in [-0.4, -0.2) is 29.9 Å². The van der Waals surface area contributed by atoms with Gasteiger partial charge in [0.25, 0.3) is 0 Å². The molecular weight excluding hydrogens is 208 g/mol. The van der Waals surface area contributed by atoms with Crippen molar-refractivity contribution in [3.63, 3.8) is 0 Å². The van der Waals surface area contributed by atoms with Gasteiger partial charge in [-0.3, -0.25) is 9.59 Å². The van der Waals surface area contributed by atoms with Gasteiger partial charge < -0.3 is 16.2 Å². The van der Waals surface area contributed by atoms with Gasteiger partial charge in [-0.2, -0.15) is 0 Å². The van der Waals surface area contributed by atoms with Crippen LogP contribution in [0.3, 0.4) is 0 Å². The lowest BCUT2D eigenvalue weighted by molar-refractivity contribution is -0.139. The number of aliphatic carboxylic acids is 1. The normalized spacial score (nSPS) is 12.1. The van der Waals surface area contributed by atoms with Gasteiger partial charge in [0.2, 0.25) is 0 Å². The van der Waals surface area contributed by atoms with Gasteiger partial charge in [0.15, 0.2) is 5.78 Å². The molecule has 5 heteroatoms. The second-order valence-electron chi connectivity index (χ2n) is 3.39. The van der Waals surface area contributed by atoms with Crippen molar-refractivity contribution in [1.29, 1.82) is 0 Å². The maximum atomic E-state index is 11.8. The fraction of sp³-hybridized carbons (Fsp3) is 0.273. The van der Waals surface area contributed by atoms with Crippen molar-refractivity contribution in [2.24, 2.45) is 0 Å². The second-order valence-corrected chi connectivity index (χ2v) is 3.39. The largest absolute Gasteiger partial charge is 0.480 e. The van der Waals surface area contributed by atoms with Crippen molar-refractivity contribution in [3.8, 4) is 0 Å². The smallest absolute Gasteiger partial charge is 0.321 e. The minimum Gasteiger partial charge on any atom is -0.480 e. The van der Waals surface area contributed by atoms with E-state index in [9.17, 15) is 9.59 Å². The number of carboxylic acid groups (broad SMARTS) is 1. The molecule has 1 atom stereocenters. The van der Waals surface area contributed by atoms with Gasteiger partial charge in [0, 0.05) is 17.7 Å². The predicted molar refractivity (Wildman–Crippen MR) is 60.3 cm³/mol. The summed E-state index contributed by atoms with van der Waals surface area (Å²) in [5, 5.41) is 11.4. The lowest BCUT2D eigenvalue weighted by Crippen LogP contribution is -2.36. The molecule has 0 aliphatic heterocycles. The summed E-state index contributed by atoms with van der Waals surface area (Å²) in [6.07, 6.45) is -0.111. The van der Waals surface area contributed by atoms with E-state index < -0.39 is 12.0 Å². The predicted octanol–water partition coefficient (Wildman–Crippen LogP) is 0.514. The molecule has 0 bridgehead atoms. The molecule has 86 valence electrons. The van der Waals surface area contributed by atoms with E-state index >= 15 is 0 Å². The Morgan fingerprint density at radius 3 is 2.56 bits per heavy atom. The molecule has 0 aliphatic carbocycles. The van der Waals surface area contributed by atoms with E-state index in [1.807, 2.05) is 0 Å². The molecule has 4 N–H and O–H groups in total. The number of carbonyl (C=O) groups excluding carboxylic acids is 1. The fourth-order valence-electron chi connectivity index (χ4n) is 1.36.